The molecule has 0 saturated heterocycles. The van der Waals surface area contributed by atoms with Gasteiger partial charge in [0, 0.05) is 23.1 Å². The fourth-order valence-corrected chi connectivity index (χ4v) is 3.81. The predicted molar refractivity (Wildman–Crippen MR) is 116 cm³/mol. The van der Waals surface area contributed by atoms with Crippen LogP contribution in [-0.4, -0.2) is 40.6 Å². The first-order valence-corrected chi connectivity index (χ1v) is 11.0. The molecule has 30 heavy (non-hydrogen) atoms. The molecule has 1 aliphatic carbocycles. The molecule has 1 heterocycles. The fourth-order valence-electron chi connectivity index (χ4n) is 3.02. The van der Waals surface area contributed by atoms with Crippen LogP contribution >= 0.6 is 11.8 Å². The summed E-state index contributed by atoms with van der Waals surface area (Å²) in [7, 11) is 0. The number of carbonyl (C=O) groups is 2. The summed E-state index contributed by atoms with van der Waals surface area (Å²) in [6, 6.07) is 21.2. The van der Waals surface area contributed by atoms with Gasteiger partial charge in [0.2, 0.25) is 0 Å². The number of nitrogens with zero attached hydrogens (tertiary/aromatic N) is 2. The number of ether oxygens (including phenoxy) is 1. The molecule has 6 nitrogen and oxygen atoms in total. The molecule has 0 radical (unpaired) electrons. The van der Waals surface area contributed by atoms with Gasteiger partial charge in [-0.15, -0.1) is 11.8 Å². The Morgan fingerprint density at radius 1 is 1.07 bits per heavy atom. The Kier molecular flexibility index (Phi) is 6.49. The maximum atomic E-state index is 12.6. The SMILES string of the molecule is O=C(COC(=O)c1cc(C2CC2)nn1-c1ccccc1)NCCSc1ccccc1. The van der Waals surface area contributed by atoms with Crippen molar-refractivity contribution in [2.24, 2.45) is 0 Å². The van der Waals surface area contributed by atoms with Crippen molar-refractivity contribution in [1.82, 2.24) is 15.1 Å². The number of aromatic nitrogens is 2. The summed E-state index contributed by atoms with van der Waals surface area (Å²) in [4.78, 5) is 25.8. The molecule has 0 atom stereocenters. The Morgan fingerprint density at radius 2 is 1.77 bits per heavy atom. The average molecular weight is 422 g/mol. The molecule has 1 fully saturated rings. The highest BCUT2D eigenvalue weighted by molar-refractivity contribution is 7.99. The van der Waals surface area contributed by atoms with E-state index in [2.05, 4.69) is 10.4 Å². The molecule has 4 rings (SSSR count). The van der Waals surface area contributed by atoms with Crippen LogP contribution < -0.4 is 5.32 Å². The van der Waals surface area contributed by atoms with Crippen molar-refractivity contribution in [2.45, 2.75) is 23.7 Å². The van der Waals surface area contributed by atoms with Crippen molar-refractivity contribution >= 4 is 23.6 Å². The minimum atomic E-state index is -0.549. The van der Waals surface area contributed by atoms with Crippen LogP contribution in [0.3, 0.4) is 0 Å². The van der Waals surface area contributed by atoms with Crippen LogP contribution in [0.1, 0.15) is 34.9 Å². The Balaban J connectivity index is 1.30. The number of benzene rings is 2. The lowest BCUT2D eigenvalue weighted by atomic mass is 10.2. The van der Waals surface area contributed by atoms with Gasteiger partial charge in [0.1, 0.15) is 0 Å². The van der Waals surface area contributed by atoms with Crippen molar-refractivity contribution in [2.75, 3.05) is 18.9 Å². The van der Waals surface area contributed by atoms with E-state index in [-0.39, 0.29) is 12.5 Å². The Hall–Kier alpha value is -3.06. The van der Waals surface area contributed by atoms with Crippen molar-refractivity contribution in [3.05, 3.63) is 78.1 Å². The van der Waals surface area contributed by atoms with E-state index in [0.29, 0.717) is 18.2 Å². The lowest BCUT2D eigenvalue weighted by Crippen LogP contribution is -2.30. The van der Waals surface area contributed by atoms with Gasteiger partial charge in [-0.3, -0.25) is 4.79 Å². The zero-order valence-corrected chi connectivity index (χ0v) is 17.3. The molecule has 1 saturated carbocycles. The summed E-state index contributed by atoms with van der Waals surface area (Å²) in [6.07, 6.45) is 2.17. The third-order valence-corrected chi connectivity index (χ3v) is 5.72. The van der Waals surface area contributed by atoms with E-state index in [9.17, 15) is 9.59 Å². The zero-order chi connectivity index (χ0) is 20.8. The number of carbonyl (C=O) groups excluding carboxylic acids is 2. The van der Waals surface area contributed by atoms with Gasteiger partial charge in [0.25, 0.3) is 5.91 Å². The monoisotopic (exact) mass is 421 g/mol. The van der Waals surface area contributed by atoms with E-state index in [1.807, 2.05) is 60.7 Å². The van der Waals surface area contributed by atoms with Crippen LogP contribution in [0.15, 0.2) is 71.6 Å². The largest absolute Gasteiger partial charge is 0.451 e. The van der Waals surface area contributed by atoms with Gasteiger partial charge >= 0.3 is 5.97 Å². The third-order valence-electron chi connectivity index (χ3n) is 4.70. The molecule has 2 aromatic carbocycles. The van der Waals surface area contributed by atoms with Crippen LogP contribution in [-0.2, 0) is 9.53 Å². The molecule has 1 N–H and O–H groups in total. The van der Waals surface area contributed by atoms with Gasteiger partial charge in [-0.05, 0) is 43.2 Å². The van der Waals surface area contributed by atoms with Crippen molar-refractivity contribution < 1.29 is 14.3 Å². The highest BCUT2D eigenvalue weighted by atomic mass is 32.2. The van der Waals surface area contributed by atoms with Gasteiger partial charge in [-0.25, -0.2) is 9.48 Å². The second-order valence-corrected chi connectivity index (χ2v) is 8.23. The highest BCUT2D eigenvalue weighted by Gasteiger charge is 2.29. The first-order valence-electron chi connectivity index (χ1n) is 9.98. The summed E-state index contributed by atoms with van der Waals surface area (Å²) < 4.78 is 6.86. The Bertz CT molecular complexity index is 1000. The number of rotatable bonds is 9. The second kappa shape index (κ2) is 9.63. The van der Waals surface area contributed by atoms with E-state index < -0.39 is 5.97 Å². The molecule has 0 aliphatic heterocycles. The smallest absolute Gasteiger partial charge is 0.357 e. The predicted octanol–water partition coefficient (Wildman–Crippen LogP) is 3.82. The summed E-state index contributed by atoms with van der Waals surface area (Å²) in [6.45, 7) is 0.192. The molecule has 0 bridgehead atoms. The normalized spacial score (nSPS) is 13.1. The fraction of sp³-hybridized carbons (Fsp3) is 0.261. The number of hydrogen-bond acceptors (Lipinski definition) is 5. The van der Waals surface area contributed by atoms with Gasteiger partial charge in [0.05, 0.1) is 11.4 Å². The quantitative estimate of drug-likeness (QED) is 0.323. The Morgan fingerprint density at radius 3 is 2.47 bits per heavy atom. The molecule has 0 spiro atoms. The molecule has 0 unspecified atom stereocenters. The van der Waals surface area contributed by atoms with Crippen molar-refractivity contribution in [3.63, 3.8) is 0 Å². The molecule has 1 aliphatic rings. The maximum Gasteiger partial charge on any atom is 0.357 e. The average Bonchev–Trinajstić information content (AvgIpc) is 3.54. The van der Waals surface area contributed by atoms with Crippen molar-refractivity contribution in [3.8, 4) is 5.69 Å². The molecule has 1 aromatic heterocycles. The molecule has 154 valence electrons. The number of esters is 1. The third kappa shape index (κ3) is 5.30. The molecule has 3 aromatic rings. The minimum absolute atomic E-state index is 0.312. The maximum absolute atomic E-state index is 12.6. The van der Waals surface area contributed by atoms with Crippen LogP contribution in [0.5, 0.6) is 0 Å². The van der Waals surface area contributed by atoms with Gasteiger partial charge in [-0.2, -0.15) is 5.10 Å². The molecule has 7 heteroatoms. The summed E-state index contributed by atoms with van der Waals surface area (Å²) >= 11 is 1.66. The van der Waals surface area contributed by atoms with E-state index in [1.165, 1.54) is 0 Å². The number of thioether (sulfide) groups is 1. The highest BCUT2D eigenvalue weighted by Crippen LogP contribution is 2.39. The van der Waals surface area contributed by atoms with E-state index >= 15 is 0 Å². The number of para-hydroxylation sites is 1. The summed E-state index contributed by atoms with van der Waals surface area (Å²) in [5.74, 6) is 0.291. The first kappa shape index (κ1) is 20.2. The Labute approximate surface area is 179 Å². The topological polar surface area (TPSA) is 73.2 Å². The van der Waals surface area contributed by atoms with E-state index in [0.717, 1.165) is 34.9 Å². The second-order valence-electron chi connectivity index (χ2n) is 7.06. The van der Waals surface area contributed by atoms with Gasteiger partial charge in [0.15, 0.2) is 12.3 Å². The summed E-state index contributed by atoms with van der Waals surface area (Å²) in [5.41, 5.74) is 2.03. The standard InChI is InChI=1S/C23H23N3O3S/c27-22(24-13-14-30-19-9-5-2-6-10-19)16-29-23(28)21-15-20(17-11-12-17)25-26(21)18-7-3-1-4-8-18/h1-10,15,17H,11-14,16H2,(H,24,27). The number of nitrogens with one attached hydrogen (secondary N) is 1. The van der Waals surface area contributed by atoms with E-state index in [4.69, 9.17) is 4.74 Å². The molecular weight excluding hydrogens is 398 g/mol. The number of hydrogen-bond donors (Lipinski definition) is 1. The molecule has 1 amide bonds. The van der Waals surface area contributed by atoms with Crippen molar-refractivity contribution in [1.29, 1.82) is 0 Å². The minimum Gasteiger partial charge on any atom is -0.451 e. The first-order chi connectivity index (χ1) is 14.7. The van der Waals surface area contributed by atoms with Crippen LogP contribution in [0.4, 0.5) is 0 Å². The van der Waals surface area contributed by atoms with Crippen LogP contribution in [0, 0.1) is 0 Å². The van der Waals surface area contributed by atoms with Gasteiger partial charge in [-0.1, -0.05) is 36.4 Å². The molecular formula is C23H23N3O3S. The number of amides is 1. The zero-order valence-electron chi connectivity index (χ0n) is 16.5. The summed E-state index contributed by atoms with van der Waals surface area (Å²) in [5, 5.41) is 7.37. The van der Waals surface area contributed by atoms with Gasteiger partial charge < -0.3 is 10.1 Å². The van der Waals surface area contributed by atoms with E-state index in [1.54, 1.807) is 22.5 Å². The lowest BCUT2D eigenvalue weighted by Gasteiger charge is -2.08. The van der Waals surface area contributed by atoms with Crippen LogP contribution in [0.2, 0.25) is 0 Å². The lowest BCUT2D eigenvalue weighted by molar-refractivity contribution is -0.124. The van der Waals surface area contributed by atoms with Crippen LogP contribution in [0.25, 0.3) is 5.69 Å².